The molecule has 2 rings (SSSR count). The fourth-order valence-corrected chi connectivity index (χ4v) is 3.00. The van der Waals surface area contributed by atoms with Gasteiger partial charge in [-0.15, -0.1) is 0 Å². The maximum Gasteiger partial charge on any atom is 0.433 e. The minimum Gasteiger partial charge on any atom is -0.390 e. The van der Waals surface area contributed by atoms with Gasteiger partial charge in [-0.05, 0) is 47.6 Å². The summed E-state index contributed by atoms with van der Waals surface area (Å²) in [5, 5.41) is 14.8. The second kappa shape index (κ2) is 9.54. The number of alkyl halides is 3. The Bertz CT molecular complexity index is 929. The van der Waals surface area contributed by atoms with Gasteiger partial charge < -0.3 is 16.0 Å². The van der Waals surface area contributed by atoms with E-state index in [0.717, 1.165) is 24.6 Å². The van der Waals surface area contributed by atoms with Crippen molar-refractivity contribution >= 4 is 11.4 Å². The van der Waals surface area contributed by atoms with Crippen LogP contribution in [0.1, 0.15) is 52.4 Å². The van der Waals surface area contributed by atoms with Gasteiger partial charge in [0.1, 0.15) is 5.69 Å². The maximum absolute atomic E-state index is 13.0. The van der Waals surface area contributed by atoms with Crippen molar-refractivity contribution in [2.45, 2.75) is 47.2 Å². The first kappa shape index (κ1) is 24.4. The molecule has 0 saturated heterocycles. The Hall–Kier alpha value is -2.83. The number of allylic oxidation sites excluding steroid dienone is 4. The monoisotopic (exact) mass is 432 g/mol. The highest BCUT2D eigenvalue weighted by molar-refractivity contribution is 6.10. The molecule has 0 saturated carbocycles. The van der Waals surface area contributed by atoms with E-state index in [1.54, 1.807) is 12.3 Å². The van der Waals surface area contributed by atoms with Gasteiger partial charge >= 0.3 is 6.18 Å². The van der Waals surface area contributed by atoms with Crippen molar-refractivity contribution < 1.29 is 13.2 Å². The fourth-order valence-electron chi connectivity index (χ4n) is 3.00. The Kier molecular flexibility index (Phi) is 7.52. The third-order valence-corrected chi connectivity index (χ3v) is 4.76. The number of hydrogen-bond donors (Lipinski definition) is 3. The fraction of sp³-hybridized carbons (Fsp3) is 0.417. The van der Waals surface area contributed by atoms with Crippen LogP contribution in [0.4, 0.5) is 13.2 Å². The molecular weight excluding hydrogens is 401 g/mol. The molecule has 0 radical (unpaired) electrons. The summed E-state index contributed by atoms with van der Waals surface area (Å²) < 4.78 is 39.1. The molecule has 0 atom stereocenters. The molecule has 0 amide bonds. The molecule has 3 N–H and O–H groups in total. The molecule has 1 aromatic heterocycles. The molecule has 1 aliphatic carbocycles. The zero-order chi connectivity index (χ0) is 23.4. The van der Waals surface area contributed by atoms with E-state index in [9.17, 15) is 13.2 Å². The van der Waals surface area contributed by atoms with Crippen LogP contribution in [0, 0.1) is 16.7 Å². The molecule has 0 fully saturated rings. The van der Waals surface area contributed by atoms with Crippen molar-refractivity contribution in [3.63, 3.8) is 0 Å². The van der Waals surface area contributed by atoms with E-state index in [4.69, 9.17) is 5.41 Å². The predicted octanol–water partition coefficient (Wildman–Crippen LogP) is 6.07. The summed E-state index contributed by atoms with van der Waals surface area (Å²) in [6.07, 6.45) is 1.89. The van der Waals surface area contributed by atoms with Crippen LogP contribution >= 0.6 is 0 Å². The molecule has 0 aliphatic heterocycles. The van der Waals surface area contributed by atoms with Crippen LogP contribution in [0.3, 0.4) is 0 Å². The van der Waals surface area contributed by atoms with Crippen molar-refractivity contribution in [2.24, 2.45) is 11.3 Å². The van der Waals surface area contributed by atoms with E-state index >= 15 is 0 Å². The third kappa shape index (κ3) is 6.84. The summed E-state index contributed by atoms with van der Waals surface area (Å²) in [5.74, 6) is 0.570. The van der Waals surface area contributed by atoms with Gasteiger partial charge in [-0.3, -0.25) is 0 Å². The number of hydrogen-bond acceptors (Lipinski definition) is 4. The first-order chi connectivity index (χ1) is 14.3. The molecule has 0 bridgehead atoms. The van der Waals surface area contributed by atoms with Gasteiger partial charge in [0.25, 0.3) is 0 Å². The highest BCUT2D eigenvalue weighted by Gasteiger charge is 2.33. The first-order valence-corrected chi connectivity index (χ1v) is 10.3. The summed E-state index contributed by atoms with van der Waals surface area (Å²) in [7, 11) is 0. The van der Waals surface area contributed by atoms with Crippen molar-refractivity contribution in [1.29, 1.82) is 5.41 Å². The van der Waals surface area contributed by atoms with Crippen LogP contribution in [0.15, 0.2) is 60.0 Å². The maximum atomic E-state index is 13.0. The second-order valence-electron chi connectivity index (χ2n) is 9.03. The molecule has 168 valence electrons. The Balaban J connectivity index is 2.31. The number of nitrogens with zero attached hydrogens (tertiary/aromatic N) is 1. The second-order valence-corrected chi connectivity index (χ2v) is 9.03. The molecule has 1 aromatic rings. The van der Waals surface area contributed by atoms with Gasteiger partial charge in [0.05, 0.1) is 17.1 Å². The lowest BCUT2D eigenvalue weighted by atomic mass is 9.80. The normalized spacial score (nSPS) is 16.3. The molecule has 0 unspecified atom stereocenters. The molecule has 0 spiro atoms. The van der Waals surface area contributed by atoms with Gasteiger partial charge in [-0.1, -0.05) is 47.3 Å². The average Bonchev–Trinajstić information content (AvgIpc) is 2.65. The van der Waals surface area contributed by atoms with Gasteiger partial charge in [-0.25, -0.2) is 4.98 Å². The lowest BCUT2D eigenvalue weighted by Crippen LogP contribution is -2.26. The summed E-state index contributed by atoms with van der Waals surface area (Å²) in [5.41, 5.74) is 1.73. The Labute approximate surface area is 182 Å². The van der Waals surface area contributed by atoms with Crippen LogP contribution in [0.5, 0.6) is 0 Å². The number of aromatic nitrogens is 1. The Morgan fingerprint density at radius 1 is 1.19 bits per heavy atom. The Morgan fingerprint density at radius 3 is 2.45 bits per heavy atom. The summed E-state index contributed by atoms with van der Waals surface area (Å²) in [4.78, 5) is 3.70. The molecular formula is C24H31F3N4. The van der Waals surface area contributed by atoms with E-state index in [2.05, 4.69) is 36.0 Å². The number of pyridine rings is 1. The van der Waals surface area contributed by atoms with E-state index in [1.165, 1.54) is 12.1 Å². The topological polar surface area (TPSA) is 60.8 Å². The minimum absolute atomic E-state index is 0.116. The Morgan fingerprint density at radius 2 is 1.87 bits per heavy atom. The SMILES string of the molecule is C=C(NC1=C/C(=C/NCCC(C)C)C(=N)C=C1C(C)(C)C)c1cccc(C(F)(F)F)n1. The molecule has 0 aromatic carbocycles. The molecule has 31 heavy (non-hydrogen) atoms. The number of halogens is 3. The lowest BCUT2D eigenvalue weighted by Gasteiger charge is -2.30. The number of nitrogens with one attached hydrogen (secondary N) is 3. The standard InChI is InChI=1S/C24H31F3N4/c1-15(2)10-11-29-14-17-12-21(18(13-19(17)28)23(4,5)6)30-16(3)20-8-7-9-22(31-20)24(25,26)27/h7-9,12-15,28-30H,3,10-11H2,1-2,4-6H3/b17-14-,28-19?. The quantitative estimate of drug-likeness (QED) is 0.458. The lowest BCUT2D eigenvalue weighted by molar-refractivity contribution is -0.141. The van der Waals surface area contributed by atoms with Gasteiger partial charge in [-0.2, -0.15) is 13.2 Å². The van der Waals surface area contributed by atoms with Crippen LogP contribution in [-0.2, 0) is 6.18 Å². The van der Waals surface area contributed by atoms with Crippen LogP contribution in [-0.4, -0.2) is 17.2 Å². The van der Waals surface area contributed by atoms with E-state index in [-0.39, 0.29) is 16.8 Å². The van der Waals surface area contributed by atoms with Crippen LogP contribution < -0.4 is 10.6 Å². The van der Waals surface area contributed by atoms with Gasteiger partial charge in [0, 0.05) is 24.0 Å². The highest BCUT2D eigenvalue weighted by atomic mass is 19.4. The smallest absolute Gasteiger partial charge is 0.390 e. The average molecular weight is 433 g/mol. The predicted molar refractivity (Wildman–Crippen MR) is 120 cm³/mol. The van der Waals surface area contributed by atoms with E-state index in [1.807, 2.05) is 26.8 Å². The molecule has 7 heteroatoms. The minimum atomic E-state index is -4.52. The van der Waals surface area contributed by atoms with Crippen molar-refractivity contribution in [1.82, 2.24) is 15.6 Å². The molecule has 1 aliphatic rings. The van der Waals surface area contributed by atoms with E-state index < -0.39 is 11.9 Å². The van der Waals surface area contributed by atoms with Gasteiger partial charge in [0.2, 0.25) is 0 Å². The van der Waals surface area contributed by atoms with Crippen molar-refractivity contribution in [2.75, 3.05) is 6.54 Å². The largest absolute Gasteiger partial charge is 0.433 e. The zero-order valence-electron chi connectivity index (χ0n) is 18.7. The van der Waals surface area contributed by atoms with Crippen molar-refractivity contribution in [3.8, 4) is 0 Å². The third-order valence-electron chi connectivity index (χ3n) is 4.76. The van der Waals surface area contributed by atoms with Crippen LogP contribution in [0.25, 0.3) is 5.70 Å². The summed E-state index contributed by atoms with van der Waals surface area (Å²) >= 11 is 0. The number of rotatable bonds is 7. The summed E-state index contributed by atoms with van der Waals surface area (Å²) in [6.45, 7) is 15.0. The van der Waals surface area contributed by atoms with Crippen molar-refractivity contribution in [3.05, 3.63) is 71.4 Å². The van der Waals surface area contributed by atoms with E-state index in [0.29, 0.717) is 22.9 Å². The summed E-state index contributed by atoms with van der Waals surface area (Å²) in [6, 6.07) is 3.73. The molecule has 1 heterocycles. The highest BCUT2D eigenvalue weighted by Crippen LogP contribution is 2.35. The first-order valence-electron chi connectivity index (χ1n) is 10.3. The van der Waals surface area contributed by atoms with Gasteiger partial charge in [0.15, 0.2) is 0 Å². The van der Waals surface area contributed by atoms with Crippen LogP contribution in [0.2, 0.25) is 0 Å². The zero-order valence-corrected chi connectivity index (χ0v) is 18.7. The molecule has 4 nitrogen and oxygen atoms in total.